The van der Waals surface area contributed by atoms with Crippen LogP contribution in [0.5, 0.6) is 0 Å². The van der Waals surface area contributed by atoms with Gasteiger partial charge >= 0.3 is 23.9 Å². The van der Waals surface area contributed by atoms with Crippen LogP contribution in [0.15, 0.2) is 0 Å². The summed E-state index contributed by atoms with van der Waals surface area (Å²) < 4.78 is 5.66. The van der Waals surface area contributed by atoms with Crippen LogP contribution in [0.25, 0.3) is 0 Å². The van der Waals surface area contributed by atoms with Crippen molar-refractivity contribution < 1.29 is 39.2 Å². The average Bonchev–Trinajstić information content (AvgIpc) is 2.81. The highest BCUT2D eigenvalue weighted by Gasteiger charge is 2.69. The zero-order valence-corrected chi connectivity index (χ0v) is 23.0. The van der Waals surface area contributed by atoms with Crippen molar-refractivity contribution >= 4 is 23.9 Å². The Kier molecular flexibility index (Phi) is 17.1. The summed E-state index contributed by atoms with van der Waals surface area (Å²) in [5.74, 6) is -7.05. The van der Waals surface area contributed by atoms with E-state index in [2.05, 4.69) is 0 Å². The van der Waals surface area contributed by atoms with Gasteiger partial charge in [-0.1, -0.05) is 105 Å². The number of ether oxygens (including phenoxy) is 1. The summed E-state index contributed by atoms with van der Waals surface area (Å²) in [6.07, 6.45) is 8.63. The second-order valence-electron chi connectivity index (χ2n) is 10.0. The Labute approximate surface area is 217 Å². The third-order valence-electron chi connectivity index (χ3n) is 7.22. The highest BCUT2D eigenvalue weighted by atomic mass is 16.6. The van der Waals surface area contributed by atoms with Crippen LogP contribution in [-0.4, -0.2) is 44.8 Å². The maximum Gasteiger partial charge on any atom is 0.350 e. The standard InChI is InChI=1S/C28H50O8/c1-5-9-12-15-19-22(24(30)31)28(26(34)35,36-23(29)18-8-4)27(25(32)33,20-16-13-10-6-2)21-17-14-11-7-3/h22H,5-21H2,1-4H3,(H,30,31)(H,32,33)(H,34,35). The van der Waals surface area contributed by atoms with Gasteiger partial charge in [0.05, 0.1) is 0 Å². The molecule has 36 heavy (non-hydrogen) atoms. The van der Waals surface area contributed by atoms with Gasteiger partial charge in [0.2, 0.25) is 5.60 Å². The molecule has 2 unspecified atom stereocenters. The molecule has 0 radical (unpaired) electrons. The number of aliphatic carboxylic acids is 3. The van der Waals surface area contributed by atoms with Crippen molar-refractivity contribution in [3.63, 3.8) is 0 Å². The van der Waals surface area contributed by atoms with Crippen LogP contribution in [0.3, 0.4) is 0 Å². The van der Waals surface area contributed by atoms with E-state index < -0.39 is 40.8 Å². The quantitative estimate of drug-likeness (QED) is 0.0995. The molecule has 0 fully saturated rings. The van der Waals surface area contributed by atoms with Gasteiger partial charge in [-0.15, -0.1) is 0 Å². The lowest BCUT2D eigenvalue weighted by molar-refractivity contribution is -0.221. The molecular formula is C28H50O8. The monoisotopic (exact) mass is 514 g/mol. The summed E-state index contributed by atoms with van der Waals surface area (Å²) in [7, 11) is 0. The number of hydrogen-bond donors (Lipinski definition) is 3. The highest BCUT2D eigenvalue weighted by molar-refractivity contribution is 5.95. The SMILES string of the molecule is CCCCCCC(C(=O)O)C(OC(=O)CCC)(C(=O)O)C(CCCCCC)(CCCCCC)C(=O)O. The van der Waals surface area contributed by atoms with Gasteiger partial charge in [-0.2, -0.15) is 0 Å². The molecule has 0 saturated heterocycles. The van der Waals surface area contributed by atoms with E-state index in [0.29, 0.717) is 44.9 Å². The molecule has 0 aliphatic rings. The van der Waals surface area contributed by atoms with Crippen LogP contribution in [0.4, 0.5) is 0 Å². The second-order valence-corrected chi connectivity index (χ2v) is 10.0. The molecule has 2 atom stereocenters. The number of carboxylic acids is 3. The molecule has 0 aliphatic carbocycles. The number of esters is 1. The normalized spacial score (nSPS) is 14.1. The van der Waals surface area contributed by atoms with Crippen molar-refractivity contribution in [3.8, 4) is 0 Å². The van der Waals surface area contributed by atoms with Crippen LogP contribution >= 0.6 is 0 Å². The van der Waals surface area contributed by atoms with Crippen LogP contribution in [0, 0.1) is 11.3 Å². The van der Waals surface area contributed by atoms with Gasteiger partial charge < -0.3 is 20.1 Å². The first-order chi connectivity index (χ1) is 17.1. The molecule has 0 aromatic rings. The van der Waals surface area contributed by atoms with Gasteiger partial charge in [0.1, 0.15) is 11.3 Å². The lowest BCUT2D eigenvalue weighted by Gasteiger charge is -2.47. The fourth-order valence-corrected chi connectivity index (χ4v) is 5.19. The van der Waals surface area contributed by atoms with Gasteiger partial charge in [0.25, 0.3) is 0 Å². The predicted molar refractivity (Wildman–Crippen MR) is 139 cm³/mol. The predicted octanol–water partition coefficient (Wildman–Crippen LogP) is 6.84. The molecule has 0 spiro atoms. The Morgan fingerprint density at radius 3 is 1.47 bits per heavy atom. The fraction of sp³-hybridized carbons (Fsp3) is 0.857. The number of carbonyl (C=O) groups excluding carboxylic acids is 1. The summed E-state index contributed by atoms with van der Waals surface area (Å²) in [4.78, 5) is 51.7. The van der Waals surface area contributed by atoms with E-state index in [4.69, 9.17) is 4.74 Å². The Hall–Kier alpha value is -2.12. The first-order valence-corrected chi connectivity index (χ1v) is 14.0. The van der Waals surface area contributed by atoms with E-state index in [1.807, 2.05) is 20.8 Å². The molecule has 0 saturated carbocycles. The Balaban J connectivity index is 6.94. The van der Waals surface area contributed by atoms with E-state index in [1.54, 1.807) is 6.92 Å². The number of carboxylic acid groups (broad SMARTS) is 3. The van der Waals surface area contributed by atoms with Gasteiger partial charge in [-0.3, -0.25) is 14.4 Å². The lowest BCUT2D eigenvalue weighted by atomic mass is 9.59. The van der Waals surface area contributed by atoms with Gasteiger partial charge in [0, 0.05) is 6.42 Å². The molecular weight excluding hydrogens is 464 g/mol. The molecule has 0 rings (SSSR count). The van der Waals surface area contributed by atoms with E-state index in [-0.39, 0.29) is 25.7 Å². The van der Waals surface area contributed by atoms with E-state index in [0.717, 1.165) is 38.5 Å². The Bertz CT molecular complexity index is 662. The summed E-state index contributed by atoms with van der Waals surface area (Å²) in [5, 5.41) is 31.6. The summed E-state index contributed by atoms with van der Waals surface area (Å²) in [6.45, 7) is 7.76. The zero-order chi connectivity index (χ0) is 27.6. The molecule has 0 bridgehead atoms. The van der Waals surface area contributed by atoms with Crippen molar-refractivity contribution in [2.24, 2.45) is 11.3 Å². The third-order valence-corrected chi connectivity index (χ3v) is 7.22. The van der Waals surface area contributed by atoms with Crippen molar-refractivity contribution in [1.82, 2.24) is 0 Å². The number of unbranched alkanes of at least 4 members (excludes halogenated alkanes) is 9. The van der Waals surface area contributed by atoms with Gasteiger partial charge in [0.15, 0.2) is 0 Å². The lowest BCUT2D eigenvalue weighted by Crippen LogP contribution is -2.66. The number of rotatable bonds is 23. The Morgan fingerprint density at radius 1 is 0.639 bits per heavy atom. The average molecular weight is 515 g/mol. The molecule has 8 nitrogen and oxygen atoms in total. The molecule has 8 heteroatoms. The highest BCUT2D eigenvalue weighted by Crippen LogP contribution is 2.50. The van der Waals surface area contributed by atoms with Gasteiger partial charge in [-0.25, -0.2) is 4.79 Å². The maximum absolute atomic E-state index is 13.1. The fourth-order valence-electron chi connectivity index (χ4n) is 5.19. The summed E-state index contributed by atoms with van der Waals surface area (Å²) in [6, 6.07) is 0. The van der Waals surface area contributed by atoms with Crippen molar-refractivity contribution in [2.45, 2.75) is 142 Å². The van der Waals surface area contributed by atoms with E-state index in [9.17, 15) is 34.5 Å². The van der Waals surface area contributed by atoms with Gasteiger partial charge in [-0.05, 0) is 25.7 Å². The molecule has 0 aromatic heterocycles. The topological polar surface area (TPSA) is 138 Å². The van der Waals surface area contributed by atoms with Crippen molar-refractivity contribution in [1.29, 1.82) is 0 Å². The minimum absolute atomic E-state index is 0.0566. The largest absolute Gasteiger partial charge is 0.481 e. The molecule has 0 heterocycles. The third kappa shape index (κ3) is 9.40. The van der Waals surface area contributed by atoms with E-state index >= 15 is 0 Å². The molecule has 0 aliphatic heterocycles. The Morgan fingerprint density at radius 2 is 1.11 bits per heavy atom. The molecule has 0 amide bonds. The first kappa shape index (κ1) is 33.9. The minimum Gasteiger partial charge on any atom is -0.481 e. The number of carbonyl (C=O) groups is 4. The molecule has 0 aromatic carbocycles. The summed E-state index contributed by atoms with van der Waals surface area (Å²) in [5.41, 5.74) is -4.74. The maximum atomic E-state index is 13.1. The van der Waals surface area contributed by atoms with Crippen molar-refractivity contribution in [2.75, 3.05) is 0 Å². The first-order valence-electron chi connectivity index (χ1n) is 14.0. The van der Waals surface area contributed by atoms with Crippen LogP contribution in [-0.2, 0) is 23.9 Å². The number of hydrogen-bond acceptors (Lipinski definition) is 5. The molecule has 3 N–H and O–H groups in total. The van der Waals surface area contributed by atoms with Crippen LogP contribution < -0.4 is 0 Å². The van der Waals surface area contributed by atoms with Crippen LogP contribution in [0.2, 0.25) is 0 Å². The van der Waals surface area contributed by atoms with Crippen LogP contribution in [0.1, 0.15) is 137 Å². The zero-order valence-electron chi connectivity index (χ0n) is 23.0. The second kappa shape index (κ2) is 18.2. The van der Waals surface area contributed by atoms with E-state index in [1.165, 1.54) is 0 Å². The minimum atomic E-state index is -2.69. The molecule has 210 valence electrons. The smallest absolute Gasteiger partial charge is 0.350 e. The van der Waals surface area contributed by atoms with Crippen molar-refractivity contribution in [3.05, 3.63) is 0 Å². The summed E-state index contributed by atoms with van der Waals surface area (Å²) >= 11 is 0.